The predicted molar refractivity (Wildman–Crippen MR) is 89.6 cm³/mol. The molecular formula is C19H23ClO3. The van der Waals surface area contributed by atoms with Crippen molar-refractivity contribution in [1.29, 1.82) is 0 Å². The molecule has 4 heteroatoms. The minimum absolute atomic E-state index is 0.160. The molecule has 3 nitrogen and oxygen atoms in total. The predicted octanol–water partition coefficient (Wildman–Crippen LogP) is 4.55. The van der Waals surface area contributed by atoms with E-state index in [1.165, 1.54) is 44.1 Å². The third kappa shape index (κ3) is 2.36. The van der Waals surface area contributed by atoms with E-state index in [0.717, 1.165) is 23.5 Å². The van der Waals surface area contributed by atoms with E-state index in [2.05, 4.69) is 0 Å². The van der Waals surface area contributed by atoms with Crippen LogP contribution in [0.25, 0.3) is 0 Å². The van der Waals surface area contributed by atoms with Gasteiger partial charge in [0, 0.05) is 11.6 Å². The molecule has 0 radical (unpaired) electrons. The van der Waals surface area contributed by atoms with Crippen LogP contribution in [0.4, 0.5) is 0 Å². The Bertz CT molecular complexity index is 617. The molecule has 1 aromatic rings. The highest BCUT2D eigenvalue weighted by Gasteiger charge is 2.52. The standard InChI is InChI=1S/C19H23ClO3/c1-22-16-7-17(23-2)15(6-14(16)18(20)21)19-8-11-3-12(9-19)5-13(4-11)10-19/h6-7,11-13H,3-5,8-10H2,1-2H3. The van der Waals surface area contributed by atoms with Crippen LogP contribution in [-0.2, 0) is 5.41 Å². The van der Waals surface area contributed by atoms with Gasteiger partial charge in [0.2, 0.25) is 0 Å². The maximum Gasteiger partial charge on any atom is 0.256 e. The minimum atomic E-state index is -0.463. The molecule has 4 aliphatic rings. The van der Waals surface area contributed by atoms with Crippen LogP contribution in [0.3, 0.4) is 0 Å². The van der Waals surface area contributed by atoms with Gasteiger partial charge in [-0.15, -0.1) is 0 Å². The SMILES string of the molecule is COc1cc(OC)c(C23CC4CC(CC(C4)C2)C3)cc1C(=O)Cl. The summed E-state index contributed by atoms with van der Waals surface area (Å²) < 4.78 is 11.0. The lowest BCUT2D eigenvalue weighted by molar-refractivity contribution is -0.00619. The number of carbonyl (C=O) groups is 1. The lowest BCUT2D eigenvalue weighted by atomic mass is 9.48. The molecule has 0 N–H and O–H groups in total. The van der Waals surface area contributed by atoms with Gasteiger partial charge in [0.1, 0.15) is 11.5 Å². The van der Waals surface area contributed by atoms with E-state index in [9.17, 15) is 4.79 Å². The highest BCUT2D eigenvalue weighted by Crippen LogP contribution is 2.62. The first kappa shape index (κ1) is 15.3. The summed E-state index contributed by atoms with van der Waals surface area (Å²) in [6, 6.07) is 3.78. The Labute approximate surface area is 142 Å². The molecular weight excluding hydrogens is 312 g/mol. The second kappa shape index (κ2) is 5.41. The van der Waals surface area contributed by atoms with Gasteiger partial charge in [-0.25, -0.2) is 0 Å². The van der Waals surface area contributed by atoms with Crippen LogP contribution < -0.4 is 9.47 Å². The number of methoxy groups -OCH3 is 2. The van der Waals surface area contributed by atoms with E-state index in [1.54, 1.807) is 14.2 Å². The number of ether oxygens (including phenoxy) is 2. The molecule has 0 amide bonds. The summed E-state index contributed by atoms with van der Waals surface area (Å²) in [4.78, 5) is 11.8. The second-order valence-corrected chi connectivity index (χ2v) is 8.07. The van der Waals surface area contributed by atoms with Gasteiger partial charge in [-0.1, -0.05) is 0 Å². The van der Waals surface area contributed by atoms with Crippen molar-refractivity contribution in [3.63, 3.8) is 0 Å². The minimum Gasteiger partial charge on any atom is -0.496 e. The summed E-state index contributed by atoms with van der Waals surface area (Å²) in [5.74, 6) is 3.84. The van der Waals surface area contributed by atoms with Gasteiger partial charge in [0.05, 0.1) is 19.8 Å². The molecule has 0 aromatic heterocycles. The van der Waals surface area contributed by atoms with Crippen molar-refractivity contribution in [2.45, 2.75) is 43.9 Å². The first-order chi connectivity index (χ1) is 11.0. The fourth-order valence-electron chi connectivity index (χ4n) is 5.91. The van der Waals surface area contributed by atoms with Gasteiger partial charge < -0.3 is 9.47 Å². The van der Waals surface area contributed by atoms with Crippen molar-refractivity contribution in [2.75, 3.05) is 14.2 Å². The smallest absolute Gasteiger partial charge is 0.256 e. The van der Waals surface area contributed by atoms with Crippen molar-refractivity contribution in [1.82, 2.24) is 0 Å². The van der Waals surface area contributed by atoms with Crippen LogP contribution in [0, 0.1) is 17.8 Å². The molecule has 124 valence electrons. The van der Waals surface area contributed by atoms with E-state index in [1.807, 2.05) is 12.1 Å². The maximum atomic E-state index is 11.8. The third-order valence-electron chi connectivity index (χ3n) is 6.34. The molecule has 4 aliphatic carbocycles. The lowest BCUT2D eigenvalue weighted by Crippen LogP contribution is -2.48. The average Bonchev–Trinajstić information content (AvgIpc) is 2.52. The van der Waals surface area contributed by atoms with Crippen molar-refractivity contribution in [2.24, 2.45) is 17.8 Å². The molecule has 1 aromatic carbocycles. The summed E-state index contributed by atoms with van der Waals surface area (Å²) in [7, 11) is 3.25. The zero-order valence-electron chi connectivity index (χ0n) is 13.7. The quantitative estimate of drug-likeness (QED) is 0.758. The van der Waals surface area contributed by atoms with Crippen LogP contribution in [0.15, 0.2) is 12.1 Å². The normalized spacial score (nSPS) is 34.5. The van der Waals surface area contributed by atoms with Gasteiger partial charge in [0.25, 0.3) is 5.24 Å². The Kier molecular flexibility index (Phi) is 3.60. The summed E-state index contributed by atoms with van der Waals surface area (Å²) in [6.07, 6.45) is 7.82. The molecule has 4 fully saturated rings. The van der Waals surface area contributed by atoms with E-state index in [4.69, 9.17) is 21.1 Å². The second-order valence-electron chi connectivity index (χ2n) is 7.72. The van der Waals surface area contributed by atoms with Gasteiger partial charge in [-0.2, -0.15) is 0 Å². The van der Waals surface area contributed by atoms with Crippen molar-refractivity contribution in [3.05, 3.63) is 23.3 Å². The lowest BCUT2D eigenvalue weighted by Gasteiger charge is -2.57. The third-order valence-corrected chi connectivity index (χ3v) is 6.55. The fraction of sp³-hybridized carbons (Fsp3) is 0.632. The van der Waals surface area contributed by atoms with Crippen molar-refractivity contribution in [3.8, 4) is 11.5 Å². The molecule has 0 aliphatic heterocycles. The Morgan fingerprint density at radius 1 is 1.00 bits per heavy atom. The number of benzene rings is 1. The Balaban J connectivity index is 1.84. The van der Waals surface area contributed by atoms with E-state index in [-0.39, 0.29) is 5.41 Å². The van der Waals surface area contributed by atoms with E-state index >= 15 is 0 Å². The number of hydrogen-bond acceptors (Lipinski definition) is 3. The Hall–Kier alpha value is -1.22. The molecule has 0 spiro atoms. The molecule has 0 saturated heterocycles. The van der Waals surface area contributed by atoms with Crippen molar-refractivity contribution >= 4 is 16.8 Å². The highest BCUT2D eigenvalue weighted by atomic mass is 35.5. The average molecular weight is 335 g/mol. The van der Waals surface area contributed by atoms with Crippen LogP contribution in [-0.4, -0.2) is 19.5 Å². The Morgan fingerprint density at radius 3 is 1.96 bits per heavy atom. The first-order valence-electron chi connectivity index (χ1n) is 8.51. The summed E-state index contributed by atoms with van der Waals surface area (Å²) >= 11 is 5.80. The highest BCUT2D eigenvalue weighted by molar-refractivity contribution is 6.68. The summed E-state index contributed by atoms with van der Waals surface area (Å²) in [6.45, 7) is 0. The van der Waals surface area contributed by atoms with E-state index < -0.39 is 5.24 Å². The summed E-state index contributed by atoms with van der Waals surface area (Å²) in [5.41, 5.74) is 1.79. The summed E-state index contributed by atoms with van der Waals surface area (Å²) in [5, 5.41) is -0.463. The molecule has 4 bridgehead atoms. The topological polar surface area (TPSA) is 35.5 Å². The molecule has 0 heterocycles. The van der Waals surface area contributed by atoms with Crippen LogP contribution in [0.5, 0.6) is 11.5 Å². The van der Waals surface area contributed by atoms with Crippen LogP contribution in [0.1, 0.15) is 54.4 Å². The monoisotopic (exact) mass is 334 g/mol. The van der Waals surface area contributed by atoms with E-state index in [0.29, 0.717) is 11.3 Å². The van der Waals surface area contributed by atoms with Gasteiger partial charge in [-0.05, 0) is 79.4 Å². The maximum absolute atomic E-state index is 11.8. The number of halogens is 1. The zero-order chi connectivity index (χ0) is 16.2. The molecule has 0 atom stereocenters. The first-order valence-corrected chi connectivity index (χ1v) is 8.89. The van der Waals surface area contributed by atoms with Crippen LogP contribution >= 0.6 is 11.6 Å². The van der Waals surface area contributed by atoms with Gasteiger partial charge >= 0.3 is 0 Å². The molecule has 0 unspecified atom stereocenters. The molecule has 4 saturated carbocycles. The van der Waals surface area contributed by atoms with Crippen LogP contribution in [0.2, 0.25) is 0 Å². The van der Waals surface area contributed by atoms with Crippen molar-refractivity contribution < 1.29 is 14.3 Å². The fourth-order valence-corrected chi connectivity index (χ4v) is 6.06. The molecule has 23 heavy (non-hydrogen) atoms. The number of carbonyl (C=O) groups excluding carboxylic acids is 1. The van der Waals surface area contributed by atoms with Gasteiger partial charge in [-0.3, -0.25) is 4.79 Å². The largest absolute Gasteiger partial charge is 0.496 e. The Morgan fingerprint density at radius 2 is 1.52 bits per heavy atom. The zero-order valence-corrected chi connectivity index (χ0v) is 14.5. The number of rotatable bonds is 4. The molecule has 5 rings (SSSR count). The number of hydrogen-bond donors (Lipinski definition) is 0. The van der Waals surface area contributed by atoms with Gasteiger partial charge in [0.15, 0.2) is 0 Å².